The summed E-state index contributed by atoms with van der Waals surface area (Å²) in [5, 5.41) is 1.50. The number of carbonyl (C=O) groups excluding carboxylic acids is 2. The maximum absolute atomic E-state index is 12.9. The van der Waals surface area contributed by atoms with Crippen molar-refractivity contribution >= 4 is 34.4 Å². The lowest BCUT2D eigenvalue weighted by Gasteiger charge is -2.35. The molecule has 5 nitrogen and oxygen atoms in total. The average molecular weight is 375 g/mol. The Hall–Kier alpha value is -2.01. The maximum Gasteiger partial charge on any atom is 0.290 e. The van der Waals surface area contributed by atoms with Crippen LogP contribution in [0.3, 0.4) is 0 Å². The second-order valence-corrected chi connectivity index (χ2v) is 7.73. The molecule has 1 saturated carbocycles. The van der Waals surface area contributed by atoms with Gasteiger partial charge in [-0.25, -0.2) is 0 Å². The smallest absolute Gasteiger partial charge is 0.290 e. The number of benzene rings is 1. The SMILES string of the molecule is Cc1c(C(=O)N2CCN(C(=O)C3CCCC3)CC2)oc2ccc(Cl)cc12. The van der Waals surface area contributed by atoms with Gasteiger partial charge in [0.2, 0.25) is 5.91 Å². The van der Waals surface area contributed by atoms with E-state index in [4.69, 9.17) is 16.0 Å². The van der Waals surface area contributed by atoms with Gasteiger partial charge in [-0.2, -0.15) is 0 Å². The summed E-state index contributed by atoms with van der Waals surface area (Å²) >= 11 is 6.05. The van der Waals surface area contributed by atoms with Crippen LogP contribution in [0.4, 0.5) is 0 Å². The van der Waals surface area contributed by atoms with Crippen LogP contribution < -0.4 is 0 Å². The van der Waals surface area contributed by atoms with E-state index in [-0.39, 0.29) is 17.7 Å². The third kappa shape index (κ3) is 3.09. The summed E-state index contributed by atoms with van der Waals surface area (Å²) in [5.74, 6) is 0.726. The van der Waals surface area contributed by atoms with Gasteiger partial charge in [0.05, 0.1) is 0 Å². The number of piperazine rings is 1. The summed E-state index contributed by atoms with van der Waals surface area (Å²) < 4.78 is 5.79. The molecule has 4 rings (SSSR count). The average Bonchev–Trinajstić information content (AvgIpc) is 3.30. The molecule has 0 unspecified atom stereocenters. The summed E-state index contributed by atoms with van der Waals surface area (Å²) in [6, 6.07) is 5.37. The van der Waals surface area contributed by atoms with Crippen molar-refractivity contribution in [2.24, 2.45) is 5.92 Å². The predicted molar refractivity (Wildman–Crippen MR) is 100 cm³/mol. The first-order valence-corrected chi connectivity index (χ1v) is 9.69. The van der Waals surface area contributed by atoms with Crippen LogP contribution in [0.25, 0.3) is 11.0 Å². The largest absolute Gasteiger partial charge is 0.451 e. The van der Waals surface area contributed by atoms with Gasteiger partial charge in [0.25, 0.3) is 5.91 Å². The van der Waals surface area contributed by atoms with Crippen molar-refractivity contribution < 1.29 is 14.0 Å². The molecule has 1 aliphatic heterocycles. The van der Waals surface area contributed by atoms with Gasteiger partial charge in [0.1, 0.15) is 5.58 Å². The number of nitrogens with zero attached hydrogens (tertiary/aromatic N) is 2. The number of carbonyl (C=O) groups is 2. The number of rotatable bonds is 2. The molecule has 2 amide bonds. The lowest BCUT2D eigenvalue weighted by atomic mass is 10.1. The summed E-state index contributed by atoms with van der Waals surface area (Å²) in [7, 11) is 0. The van der Waals surface area contributed by atoms with Crippen molar-refractivity contribution in [2.45, 2.75) is 32.6 Å². The Kier molecular flexibility index (Phi) is 4.65. The highest BCUT2D eigenvalue weighted by Crippen LogP contribution is 2.30. The molecule has 0 atom stereocenters. The standard InChI is InChI=1S/C20H23ClN2O3/c1-13-16-12-15(21)6-7-17(16)26-18(13)20(25)23-10-8-22(9-11-23)19(24)14-4-2-3-5-14/h6-7,12,14H,2-5,8-11H2,1H3. The Morgan fingerprint density at radius 1 is 1.08 bits per heavy atom. The molecule has 0 bridgehead atoms. The number of aryl methyl sites for hydroxylation is 1. The zero-order chi connectivity index (χ0) is 18.3. The topological polar surface area (TPSA) is 53.8 Å². The Morgan fingerprint density at radius 2 is 1.73 bits per heavy atom. The molecule has 138 valence electrons. The first-order valence-electron chi connectivity index (χ1n) is 9.31. The van der Waals surface area contributed by atoms with E-state index >= 15 is 0 Å². The molecule has 1 aromatic carbocycles. The van der Waals surface area contributed by atoms with Gasteiger partial charge in [-0.1, -0.05) is 24.4 Å². The highest BCUT2D eigenvalue weighted by atomic mass is 35.5. The third-order valence-corrected chi connectivity index (χ3v) is 5.91. The fraction of sp³-hybridized carbons (Fsp3) is 0.500. The van der Waals surface area contributed by atoms with Crippen molar-refractivity contribution in [3.05, 3.63) is 34.5 Å². The Bertz CT molecular complexity index is 846. The predicted octanol–water partition coefficient (Wildman–Crippen LogP) is 3.87. The van der Waals surface area contributed by atoms with Gasteiger partial charge in [0.15, 0.2) is 5.76 Å². The number of hydrogen-bond acceptors (Lipinski definition) is 3. The van der Waals surface area contributed by atoms with Crippen LogP contribution in [0.15, 0.2) is 22.6 Å². The van der Waals surface area contributed by atoms with Crippen LogP contribution in [0.5, 0.6) is 0 Å². The fourth-order valence-electron chi connectivity index (χ4n) is 4.10. The Balaban J connectivity index is 1.45. The van der Waals surface area contributed by atoms with Crippen LogP contribution in [0.1, 0.15) is 41.8 Å². The van der Waals surface area contributed by atoms with Crippen molar-refractivity contribution in [3.8, 4) is 0 Å². The molecule has 2 fully saturated rings. The van der Waals surface area contributed by atoms with E-state index in [1.807, 2.05) is 17.9 Å². The van der Waals surface area contributed by atoms with Crippen molar-refractivity contribution in [1.29, 1.82) is 0 Å². The molecule has 2 aliphatic rings. The van der Waals surface area contributed by atoms with E-state index in [9.17, 15) is 9.59 Å². The van der Waals surface area contributed by atoms with Crippen molar-refractivity contribution in [1.82, 2.24) is 9.80 Å². The molecule has 0 spiro atoms. The van der Waals surface area contributed by atoms with Gasteiger partial charge in [0, 0.05) is 48.1 Å². The minimum atomic E-state index is -0.109. The summed E-state index contributed by atoms with van der Waals surface area (Å²) in [5.41, 5.74) is 1.49. The summed E-state index contributed by atoms with van der Waals surface area (Å²) in [6.45, 7) is 4.19. The fourth-order valence-corrected chi connectivity index (χ4v) is 4.27. The number of halogens is 1. The highest BCUT2D eigenvalue weighted by Gasteiger charge is 2.32. The molecule has 1 saturated heterocycles. The molecule has 1 aliphatic carbocycles. The lowest BCUT2D eigenvalue weighted by molar-refractivity contribution is -0.136. The molecule has 2 aromatic rings. The number of hydrogen-bond donors (Lipinski definition) is 0. The maximum atomic E-state index is 12.9. The third-order valence-electron chi connectivity index (χ3n) is 5.68. The van der Waals surface area contributed by atoms with E-state index < -0.39 is 0 Å². The van der Waals surface area contributed by atoms with Crippen molar-refractivity contribution in [3.63, 3.8) is 0 Å². The number of amides is 2. The lowest BCUT2D eigenvalue weighted by Crippen LogP contribution is -2.51. The Morgan fingerprint density at radius 3 is 2.42 bits per heavy atom. The van der Waals surface area contributed by atoms with E-state index in [0.717, 1.165) is 36.6 Å². The quantitative estimate of drug-likeness (QED) is 0.801. The zero-order valence-corrected chi connectivity index (χ0v) is 15.7. The van der Waals surface area contributed by atoms with E-state index in [1.165, 1.54) is 0 Å². The van der Waals surface area contributed by atoms with Crippen LogP contribution in [0.2, 0.25) is 5.02 Å². The normalized spacial score (nSPS) is 18.7. The van der Waals surface area contributed by atoms with Gasteiger partial charge < -0.3 is 14.2 Å². The van der Waals surface area contributed by atoms with E-state index in [0.29, 0.717) is 42.5 Å². The van der Waals surface area contributed by atoms with Crippen molar-refractivity contribution in [2.75, 3.05) is 26.2 Å². The van der Waals surface area contributed by atoms with E-state index in [1.54, 1.807) is 17.0 Å². The second kappa shape index (κ2) is 6.95. The van der Waals surface area contributed by atoms with Gasteiger partial charge in [-0.15, -0.1) is 0 Å². The molecule has 0 radical (unpaired) electrons. The number of furan rings is 1. The summed E-state index contributed by atoms with van der Waals surface area (Å²) in [4.78, 5) is 29.1. The van der Waals surface area contributed by atoms with Crippen LogP contribution in [-0.2, 0) is 4.79 Å². The highest BCUT2D eigenvalue weighted by molar-refractivity contribution is 6.31. The first-order chi connectivity index (χ1) is 12.5. The van der Waals surface area contributed by atoms with E-state index in [2.05, 4.69) is 0 Å². The summed E-state index contributed by atoms with van der Waals surface area (Å²) in [6.07, 6.45) is 4.34. The molecule has 0 N–H and O–H groups in total. The van der Waals surface area contributed by atoms with Crippen LogP contribution in [0, 0.1) is 12.8 Å². The zero-order valence-electron chi connectivity index (χ0n) is 15.0. The first kappa shape index (κ1) is 17.4. The molecule has 6 heteroatoms. The number of fused-ring (bicyclic) bond motifs is 1. The van der Waals surface area contributed by atoms with Gasteiger partial charge >= 0.3 is 0 Å². The molecule has 26 heavy (non-hydrogen) atoms. The molecule has 2 heterocycles. The van der Waals surface area contributed by atoms with Crippen LogP contribution in [-0.4, -0.2) is 47.8 Å². The van der Waals surface area contributed by atoms with Gasteiger partial charge in [-0.3, -0.25) is 9.59 Å². The minimum Gasteiger partial charge on any atom is -0.451 e. The molecular formula is C20H23ClN2O3. The second-order valence-electron chi connectivity index (χ2n) is 7.30. The monoisotopic (exact) mass is 374 g/mol. The molecular weight excluding hydrogens is 352 g/mol. The Labute approximate surface area is 157 Å². The van der Waals surface area contributed by atoms with Crippen LogP contribution >= 0.6 is 11.6 Å². The van der Waals surface area contributed by atoms with Gasteiger partial charge in [-0.05, 0) is 38.0 Å². The minimum absolute atomic E-state index is 0.109. The molecule has 1 aromatic heterocycles.